The molecule has 88 heavy (non-hydrogen) atoms. The number of nitrogen functional groups attached to an aromatic ring is 3. The van der Waals surface area contributed by atoms with E-state index in [1.807, 2.05) is 0 Å². The van der Waals surface area contributed by atoms with Crippen molar-refractivity contribution in [3.63, 3.8) is 0 Å². The van der Waals surface area contributed by atoms with Crippen LogP contribution in [0.15, 0.2) is 59.0 Å². The highest BCUT2D eigenvalue weighted by atomic mass is 32.5. The minimum Gasteiger partial charge on any atom is -0.397 e. The van der Waals surface area contributed by atoms with E-state index in [9.17, 15) is 29.2 Å². The Hall–Kier alpha value is -4.98. The third-order valence-corrected chi connectivity index (χ3v) is 20.6. The number of fused-ring (bicyclic) bond motifs is 10. The molecule has 0 aromatic carbocycles. The van der Waals surface area contributed by atoms with Gasteiger partial charge in [-0.1, -0.05) is 10.4 Å². The van der Waals surface area contributed by atoms with Crippen LogP contribution in [0.4, 0.5) is 30.5 Å². The topological polar surface area (TPSA) is 471 Å². The summed E-state index contributed by atoms with van der Waals surface area (Å²) in [6, 6.07) is 4.55. The summed E-state index contributed by atoms with van der Waals surface area (Å²) in [6.45, 7) is -19.0. The number of anilines is 3. The van der Waals surface area contributed by atoms with Gasteiger partial charge in [-0.15, -0.1) is 10.2 Å². The largest absolute Gasteiger partial charge is 0.397 e. The molecule has 0 spiro atoms. The number of H-pyrrole nitrogens is 2. The van der Waals surface area contributed by atoms with Crippen LogP contribution in [0.5, 0.6) is 0 Å². The summed E-state index contributed by atoms with van der Waals surface area (Å²) in [7, 11) is 0. The number of ether oxygens (including phenoxy) is 4. The van der Waals surface area contributed by atoms with Crippen molar-refractivity contribution in [3.8, 4) is 0 Å². The van der Waals surface area contributed by atoms with Crippen LogP contribution >= 0.6 is 26.9 Å². The normalized spacial score (nSPS) is 37.4. The number of halogens is 3. The van der Waals surface area contributed by atoms with E-state index in [2.05, 4.69) is 55.5 Å². The molecule has 6 aliphatic rings. The monoisotopic (exact) mass is 1390 g/mol. The zero-order valence-electron chi connectivity index (χ0n) is 43.9. The zero-order valence-corrected chi connectivity index (χ0v) is 50.8. The minimum atomic E-state index is -4.29. The van der Waals surface area contributed by atoms with Crippen molar-refractivity contribution in [3.05, 3.63) is 70.2 Å². The highest BCUT2D eigenvalue weighted by molar-refractivity contribution is 8.08. The van der Waals surface area contributed by atoms with Gasteiger partial charge in [-0.25, -0.2) is 33.1 Å². The standard InChI is InChI=1S/C22H23F2N7O9P2S2.C19H22FN11O9P2S2/c23-13-11-5-35-41(33,43)39-17-12(38-21(14(17)24)31-8-28-15-9(25)1-3-26-19(15)31)6-36-42(34,44)40-18(13)22(37-11)30-7-29-16-10(30)2-4-27-20(16)32;20-10-13-9(38-18(10)30-14-11(26-28-30)7(21)1-2-23-14)5-36-41(33,43)39-8-3-6(4-35-42(34,44)40-13)37-17(8)31-15-12(27-29-31)16(32)25-19(22)24-15/h1-4,7-8,11-14,17-18,21-22H,5-6H2,(H2,25,26)(H,27,32)(H,33,43)(H,34,44);1-2,6,8-10,13,17-18H,3-5H2,(H2,21,23)(H,33,43)(H,34,44)(H3,22,24,25,32)/t11-,12-,13+,14+,17-,18-,21-,22-,41?,42?;6-,8+,9+,10-,13+,17+,18+,41?,42?/m10/s1. The summed E-state index contributed by atoms with van der Waals surface area (Å²) in [5, 5.41) is 15.6. The molecule has 47 heteroatoms. The number of aromatic amines is 2. The number of rotatable bonds is 4. The molecule has 6 aliphatic heterocycles. The smallest absolute Gasteiger partial charge is 0.325 e. The predicted molar refractivity (Wildman–Crippen MR) is 307 cm³/mol. The molecule has 472 valence electrons. The van der Waals surface area contributed by atoms with Gasteiger partial charge < -0.3 is 87.9 Å². The quantitative estimate of drug-likeness (QED) is 0.110. The maximum absolute atomic E-state index is 16.0. The molecule has 4 unspecified atom stereocenters. The Labute approximate surface area is 507 Å². The van der Waals surface area contributed by atoms with Crippen molar-refractivity contribution in [2.75, 3.05) is 43.6 Å². The highest BCUT2D eigenvalue weighted by Crippen LogP contribution is 2.57. The fourth-order valence-electron chi connectivity index (χ4n) is 10.4. The third-order valence-electron chi connectivity index (χ3n) is 14.4. The van der Waals surface area contributed by atoms with Crippen LogP contribution in [0.1, 0.15) is 31.3 Å². The Balaban J connectivity index is 0.000000162. The predicted octanol–water partition coefficient (Wildman–Crippen LogP) is 0.766. The van der Waals surface area contributed by atoms with E-state index >= 15 is 13.2 Å². The van der Waals surface area contributed by atoms with Crippen LogP contribution in [0.3, 0.4) is 0 Å². The summed E-state index contributed by atoms with van der Waals surface area (Å²) < 4.78 is 121. The van der Waals surface area contributed by atoms with E-state index in [1.54, 1.807) is 0 Å². The first-order valence-corrected chi connectivity index (χ1v) is 36.0. The fraction of sp³-hybridized carbons (Fsp3) is 0.488. The molecule has 0 amide bonds. The summed E-state index contributed by atoms with van der Waals surface area (Å²) in [5.41, 5.74) is 18.0. The molecule has 0 aliphatic carbocycles. The molecule has 6 fully saturated rings. The summed E-state index contributed by atoms with van der Waals surface area (Å²) in [5.74, 6) is -0.203. The van der Waals surface area contributed by atoms with Crippen molar-refractivity contribution in [1.29, 1.82) is 0 Å². The number of pyridine rings is 3. The van der Waals surface area contributed by atoms with Crippen LogP contribution in [0, 0.1) is 0 Å². The van der Waals surface area contributed by atoms with Gasteiger partial charge in [0.15, 0.2) is 76.9 Å². The van der Waals surface area contributed by atoms with E-state index in [4.69, 9.17) is 120 Å². The van der Waals surface area contributed by atoms with Gasteiger partial charge in [0.2, 0.25) is 5.95 Å². The van der Waals surface area contributed by atoms with E-state index < -0.39 is 150 Å². The van der Waals surface area contributed by atoms with Crippen molar-refractivity contribution >= 4 is 136 Å². The summed E-state index contributed by atoms with van der Waals surface area (Å²) in [4.78, 5) is 93.8. The molecular weight excluding hydrogens is 1340 g/mol. The Kier molecular flexibility index (Phi) is 16.6. The zero-order chi connectivity index (χ0) is 61.9. The van der Waals surface area contributed by atoms with Gasteiger partial charge in [-0.2, -0.15) is 14.3 Å². The molecule has 0 radical (unpaired) electrons. The SMILES string of the molecule is Nc1ccnc2c1ncn2[C@@H]1O[C@@H]2COP(O)(=S)O[C@@H]3[C@@H](F)[C@@H](COP(O)(=S)O[C@H]2[C@@H]1F)O[C@H]3n1cnc2c(=O)[nH]ccc21.Nc1nc2c(nnn2[C@@H]2O[C@@H]3COP(O)(=S)O[C@H]4[C@H](F)[C@H](n5nnc6c(N)ccnc65)O[C@@H]4COP(O)(=S)O[C@@H]2C3)c(=O)[nH]1. The average molecular weight is 1390 g/mol. The van der Waals surface area contributed by atoms with E-state index in [1.165, 1.54) is 58.6 Å². The molecule has 6 saturated heterocycles. The van der Waals surface area contributed by atoms with Crippen molar-refractivity contribution in [1.82, 2.24) is 74.0 Å². The summed E-state index contributed by atoms with van der Waals surface area (Å²) in [6.07, 6.45) is -15.3. The van der Waals surface area contributed by atoms with Gasteiger partial charge in [0.05, 0.1) is 62.1 Å². The second-order valence-electron chi connectivity index (χ2n) is 20.0. The Bertz CT molecular complexity index is 4350. The summed E-state index contributed by atoms with van der Waals surface area (Å²) >= 11 is 20.8. The molecule has 0 saturated carbocycles. The average Bonchev–Trinajstić information content (AvgIpc) is 1.74. The molecule has 19 atom stereocenters. The van der Waals surface area contributed by atoms with E-state index in [0.29, 0.717) is 11.2 Å². The second kappa shape index (κ2) is 23.6. The van der Waals surface area contributed by atoms with Crippen molar-refractivity contribution in [2.45, 2.75) is 98.7 Å². The molecule has 8 aromatic heterocycles. The lowest BCUT2D eigenvalue weighted by atomic mass is 10.1. The van der Waals surface area contributed by atoms with Crippen LogP contribution in [0.2, 0.25) is 0 Å². The van der Waals surface area contributed by atoms with Crippen molar-refractivity contribution < 1.29 is 87.9 Å². The fourth-order valence-corrected chi connectivity index (χ4v) is 16.2. The van der Waals surface area contributed by atoms with E-state index in [-0.39, 0.29) is 63.7 Å². The number of nitrogens with zero attached hydrogens (tertiary/aromatic N) is 13. The third kappa shape index (κ3) is 11.9. The van der Waals surface area contributed by atoms with Crippen molar-refractivity contribution in [2.24, 2.45) is 0 Å². The molecule has 8 aromatic rings. The van der Waals surface area contributed by atoms with Crippen LogP contribution in [0.25, 0.3) is 44.5 Å². The number of hydrogen-bond donors (Lipinski definition) is 9. The van der Waals surface area contributed by atoms with Crippen LogP contribution in [-0.4, -0.2) is 187 Å². The molecule has 14 heterocycles. The maximum Gasteiger partial charge on any atom is 0.325 e. The first-order valence-electron chi connectivity index (χ1n) is 25.7. The first-order chi connectivity index (χ1) is 41.8. The minimum absolute atomic E-state index is 0.0228. The molecule has 4 bridgehead atoms. The Morgan fingerprint density at radius 3 is 1.78 bits per heavy atom. The number of nitrogens with two attached hydrogens (primary N) is 3. The highest BCUT2D eigenvalue weighted by Gasteiger charge is 2.55. The number of nitrogens with one attached hydrogen (secondary N) is 2. The first kappa shape index (κ1) is 61.9. The molecule has 36 nitrogen and oxygen atoms in total. The molecular formula is C41H45F3N18O18P4S4. The van der Waals surface area contributed by atoms with Gasteiger partial charge >= 0.3 is 26.9 Å². The van der Waals surface area contributed by atoms with Crippen LogP contribution < -0.4 is 28.3 Å². The molecule has 12 N–H and O–H groups in total. The van der Waals surface area contributed by atoms with Gasteiger partial charge in [0.25, 0.3) is 11.1 Å². The Morgan fingerprint density at radius 1 is 0.545 bits per heavy atom. The van der Waals surface area contributed by atoms with E-state index in [0.717, 1.165) is 9.36 Å². The van der Waals surface area contributed by atoms with Gasteiger partial charge in [-0.3, -0.25) is 32.7 Å². The Morgan fingerprint density at radius 2 is 1.09 bits per heavy atom. The maximum atomic E-state index is 16.0. The van der Waals surface area contributed by atoms with Crippen LogP contribution in [-0.2, 0) is 102 Å². The lowest BCUT2D eigenvalue weighted by Crippen LogP contribution is -2.34. The lowest BCUT2D eigenvalue weighted by Gasteiger charge is -2.27. The van der Waals surface area contributed by atoms with Gasteiger partial charge in [0.1, 0.15) is 48.2 Å². The van der Waals surface area contributed by atoms with Gasteiger partial charge in [0, 0.05) is 25.0 Å². The number of aromatic nitrogens is 15. The van der Waals surface area contributed by atoms with Gasteiger partial charge in [-0.05, 0) is 65.4 Å². The number of imidazole rings is 2. The lowest BCUT2D eigenvalue weighted by molar-refractivity contribution is -0.0651. The second-order valence-corrected chi connectivity index (χ2v) is 31.2. The number of hydrogen-bond acceptors (Lipinski definition) is 30. The number of alkyl halides is 3. The molecule has 14 rings (SSSR count).